The van der Waals surface area contributed by atoms with Crippen LogP contribution in [0.4, 0.5) is 11.6 Å². The first-order valence-electron chi connectivity index (χ1n) is 11.4. The van der Waals surface area contributed by atoms with E-state index < -0.39 is 0 Å². The summed E-state index contributed by atoms with van der Waals surface area (Å²) in [6, 6.07) is 13.7. The Morgan fingerprint density at radius 1 is 0.719 bits per heavy atom. The third-order valence-electron chi connectivity index (χ3n) is 6.16. The molecule has 0 unspecified atom stereocenters. The largest absolute Gasteiger partial charge is 0.355 e. The van der Waals surface area contributed by atoms with E-state index in [1.165, 1.54) is 36.7 Å². The Kier molecular flexibility index (Phi) is 5.96. The van der Waals surface area contributed by atoms with Gasteiger partial charge in [0.05, 0.1) is 11.9 Å². The lowest BCUT2D eigenvalue weighted by molar-refractivity contribution is 0.0740. The van der Waals surface area contributed by atoms with Crippen LogP contribution in [0.2, 0.25) is 0 Å². The number of anilines is 2. The van der Waals surface area contributed by atoms with Gasteiger partial charge in [-0.2, -0.15) is 9.90 Å². The Labute approximate surface area is 187 Å². The lowest BCUT2D eigenvalue weighted by atomic mass is 10.2. The molecule has 0 bridgehead atoms. The highest BCUT2D eigenvalue weighted by Crippen LogP contribution is 2.20. The maximum Gasteiger partial charge on any atom is 0.276 e. The SMILES string of the molecule is O=C(c1cnn(-c2ccccc2)n1)N1CCN(c2ccc(N3CCCCCC3)nn2)CC1. The number of piperazine rings is 1. The monoisotopic (exact) mass is 432 g/mol. The quantitative estimate of drug-likeness (QED) is 0.626. The molecule has 3 aromatic rings. The topological polar surface area (TPSA) is 83.3 Å². The number of carbonyl (C=O) groups excluding carboxylic acids is 1. The van der Waals surface area contributed by atoms with E-state index in [4.69, 9.17) is 0 Å². The third-order valence-corrected chi connectivity index (χ3v) is 6.16. The van der Waals surface area contributed by atoms with Crippen LogP contribution >= 0.6 is 0 Å². The van der Waals surface area contributed by atoms with E-state index in [-0.39, 0.29) is 5.91 Å². The normalized spacial score (nSPS) is 17.3. The summed E-state index contributed by atoms with van der Waals surface area (Å²) >= 11 is 0. The summed E-state index contributed by atoms with van der Waals surface area (Å²) in [4.78, 5) is 20.7. The van der Waals surface area contributed by atoms with Gasteiger partial charge in [-0.25, -0.2) is 0 Å². The molecule has 1 amide bonds. The van der Waals surface area contributed by atoms with Gasteiger partial charge in [0, 0.05) is 39.3 Å². The summed E-state index contributed by atoms with van der Waals surface area (Å²) < 4.78 is 0. The first-order valence-corrected chi connectivity index (χ1v) is 11.4. The number of aromatic nitrogens is 5. The van der Waals surface area contributed by atoms with Gasteiger partial charge in [0.15, 0.2) is 17.3 Å². The van der Waals surface area contributed by atoms with E-state index in [0.717, 1.165) is 43.5 Å². The third kappa shape index (κ3) is 4.42. The molecular formula is C23H28N8O. The molecular weight excluding hydrogens is 404 g/mol. The minimum Gasteiger partial charge on any atom is -0.355 e. The molecule has 0 aliphatic carbocycles. The zero-order valence-corrected chi connectivity index (χ0v) is 18.2. The van der Waals surface area contributed by atoms with Gasteiger partial charge in [-0.15, -0.1) is 15.3 Å². The molecule has 0 atom stereocenters. The van der Waals surface area contributed by atoms with Crippen LogP contribution in [0.25, 0.3) is 5.69 Å². The van der Waals surface area contributed by atoms with E-state index in [2.05, 4.69) is 42.3 Å². The minimum absolute atomic E-state index is 0.0885. The van der Waals surface area contributed by atoms with Crippen molar-refractivity contribution in [2.24, 2.45) is 0 Å². The molecule has 0 spiro atoms. The van der Waals surface area contributed by atoms with Crippen molar-refractivity contribution in [1.82, 2.24) is 30.1 Å². The molecule has 32 heavy (non-hydrogen) atoms. The van der Waals surface area contributed by atoms with Crippen LogP contribution in [0.1, 0.15) is 36.2 Å². The Morgan fingerprint density at radius 2 is 1.34 bits per heavy atom. The fourth-order valence-electron chi connectivity index (χ4n) is 4.30. The van der Waals surface area contributed by atoms with Crippen LogP contribution in [0.5, 0.6) is 0 Å². The van der Waals surface area contributed by atoms with Crippen molar-refractivity contribution in [3.63, 3.8) is 0 Å². The van der Waals surface area contributed by atoms with Crippen molar-refractivity contribution in [2.45, 2.75) is 25.7 Å². The Morgan fingerprint density at radius 3 is 1.97 bits per heavy atom. The van der Waals surface area contributed by atoms with Crippen molar-refractivity contribution < 1.29 is 4.79 Å². The van der Waals surface area contributed by atoms with E-state index in [1.807, 2.05) is 35.2 Å². The summed E-state index contributed by atoms with van der Waals surface area (Å²) in [6.07, 6.45) is 6.58. The first-order chi connectivity index (χ1) is 15.8. The van der Waals surface area contributed by atoms with Gasteiger partial charge in [0.25, 0.3) is 5.91 Å². The molecule has 2 saturated heterocycles. The molecule has 9 heteroatoms. The Balaban J connectivity index is 1.18. The van der Waals surface area contributed by atoms with Crippen molar-refractivity contribution in [3.05, 3.63) is 54.4 Å². The van der Waals surface area contributed by atoms with Crippen LogP contribution in [-0.2, 0) is 0 Å². The minimum atomic E-state index is -0.0885. The zero-order chi connectivity index (χ0) is 21.8. The van der Waals surface area contributed by atoms with E-state index in [0.29, 0.717) is 18.8 Å². The fourth-order valence-corrected chi connectivity index (χ4v) is 4.30. The number of nitrogens with zero attached hydrogens (tertiary/aromatic N) is 8. The molecule has 2 aliphatic rings. The first kappa shape index (κ1) is 20.4. The molecule has 0 saturated carbocycles. The van der Waals surface area contributed by atoms with Crippen molar-refractivity contribution >= 4 is 17.5 Å². The van der Waals surface area contributed by atoms with Crippen molar-refractivity contribution in [2.75, 3.05) is 49.1 Å². The molecule has 166 valence electrons. The van der Waals surface area contributed by atoms with Crippen LogP contribution < -0.4 is 9.80 Å². The summed E-state index contributed by atoms with van der Waals surface area (Å²) in [5.41, 5.74) is 1.20. The second-order valence-corrected chi connectivity index (χ2v) is 8.29. The standard InChI is InChI=1S/C23H28N8O/c32-23(20-18-24-31(27-20)19-8-4-3-5-9-19)30-16-14-29(15-17-30)22-11-10-21(25-26-22)28-12-6-1-2-7-13-28/h3-5,8-11,18H,1-2,6-7,12-17H2. The highest BCUT2D eigenvalue weighted by atomic mass is 16.2. The zero-order valence-electron chi connectivity index (χ0n) is 18.2. The number of hydrogen-bond donors (Lipinski definition) is 0. The van der Waals surface area contributed by atoms with Gasteiger partial charge in [-0.3, -0.25) is 4.79 Å². The number of carbonyl (C=O) groups is 1. The summed E-state index contributed by atoms with van der Waals surface area (Å²) in [6.45, 7) is 4.79. The number of benzene rings is 1. The van der Waals surface area contributed by atoms with Crippen LogP contribution in [0, 0.1) is 0 Å². The van der Waals surface area contributed by atoms with Crippen LogP contribution in [-0.4, -0.2) is 75.3 Å². The molecule has 2 fully saturated rings. The highest BCUT2D eigenvalue weighted by molar-refractivity contribution is 5.92. The highest BCUT2D eigenvalue weighted by Gasteiger charge is 2.25. The number of hydrogen-bond acceptors (Lipinski definition) is 7. The maximum atomic E-state index is 12.9. The summed E-state index contributed by atoms with van der Waals surface area (Å²) in [5.74, 6) is 1.74. The lowest BCUT2D eigenvalue weighted by Crippen LogP contribution is -2.49. The second-order valence-electron chi connectivity index (χ2n) is 8.29. The Bertz CT molecular complexity index is 1020. The molecule has 4 heterocycles. The van der Waals surface area contributed by atoms with Gasteiger partial charge in [-0.05, 0) is 37.1 Å². The van der Waals surface area contributed by atoms with Crippen LogP contribution in [0.15, 0.2) is 48.7 Å². The van der Waals surface area contributed by atoms with Gasteiger partial charge in [0.2, 0.25) is 0 Å². The summed E-state index contributed by atoms with van der Waals surface area (Å²) in [5, 5.41) is 17.6. The van der Waals surface area contributed by atoms with Gasteiger partial charge < -0.3 is 14.7 Å². The van der Waals surface area contributed by atoms with Crippen molar-refractivity contribution in [1.29, 1.82) is 0 Å². The molecule has 2 aromatic heterocycles. The predicted molar refractivity (Wildman–Crippen MR) is 122 cm³/mol. The average Bonchev–Trinajstić information content (AvgIpc) is 3.20. The maximum absolute atomic E-state index is 12.9. The Hall–Kier alpha value is -3.49. The van der Waals surface area contributed by atoms with Crippen molar-refractivity contribution in [3.8, 4) is 5.69 Å². The smallest absolute Gasteiger partial charge is 0.276 e. The fraction of sp³-hybridized carbons (Fsp3) is 0.435. The average molecular weight is 433 g/mol. The molecule has 5 rings (SSSR count). The van der Waals surface area contributed by atoms with Gasteiger partial charge in [0.1, 0.15) is 0 Å². The number of para-hydroxylation sites is 1. The number of rotatable bonds is 4. The van der Waals surface area contributed by atoms with Gasteiger partial charge in [-0.1, -0.05) is 31.0 Å². The molecule has 0 N–H and O–H groups in total. The second kappa shape index (κ2) is 9.33. The predicted octanol–water partition coefficient (Wildman–Crippen LogP) is 2.40. The lowest BCUT2D eigenvalue weighted by Gasteiger charge is -2.34. The number of amides is 1. The van der Waals surface area contributed by atoms with E-state index in [9.17, 15) is 4.79 Å². The summed E-state index contributed by atoms with van der Waals surface area (Å²) in [7, 11) is 0. The van der Waals surface area contributed by atoms with E-state index in [1.54, 1.807) is 0 Å². The van der Waals surface area contributed by atoms with E-state index >= 15 is 0 Å². The molecule has 2 aliphatic heterocycles. The van der Waals surface area contributed by atoms with Gasteiger partial charge >= 0.3 is 0 Å². The van der Waals surface area contributed by atoms with Crippen LogP contribution in [0.3, 0.4) is 0 Å². The molecule has 1 aromatic carbocycles. The molecule has 9 nitrogen and oxygen atoms in total. The molecule has 0 radical (unpaired) electrons.